The van der Waals surface area contributed by atoms with Crippen molar-refractivity contribution in [3.8, 4) is 0 Å². The monoisotopic (exact) mass is 336 g/mol. The van der Waals surface area contributed by atoms with Crippen LogP contribution in [0.3, 0.4) is 0 Å². The Balaban J connectivity index is 2.05. The van der Waals surface area contributed by atoms with Gasteiger partial charge < -0.3 is 10.2 Å². The fraction of sp³-hybridized carbons (Fsp3) is 0.176. The van der Waals surface area contributed by atoms with E-state index in [1.165, 1.54) is 30.3 Å². The average Bonchev–Trinajstić information content (AvgIpc) is 2.52. The number of carbonyl (C=O) groups is 2. The minimum Gasteiger partial charge on any atom is -0.326 e. The van der Waals surface area contributed by atoms with Crippen molar-refractivity contribution in [3.63, 3.8) is 0 Å². The Morgan fingerprint density at radius 1 is 1.00 bits per heavy atom. The molecule has 0 saturated carbocycles. The molecule has 0 aromatic heterocycles. The van der Waals surface area contributed by atoms with Crippen LogP contribution in [-0.2, 0) is 9.59 Å². The predicted octanol–water partition coefficient (Wildman–Crippen LogP) is 3.49. The Kier molecular flexibility index (Phi) is 5.57. The third-order valence-electron chi connectivity index (χ3n) is 3.28. The third kappa shape index (κ3) is 4.34. The van der Waals surface area contributed by atoms with Crippen molar-refractivity contribution in [1.29, 1.82) is 0 Å². The molecular weight excluding hydrogens is 321 g/mol. The van der Waals surface area contributed by atoms with Crippen LogP contribution in [0.15, 0.2) is 42.5 Å². The van der Waals surface area contributed by atoms with Crippen LogP contribution >= 0.6 is 0 Å². The number of nitrogens with one attached hydrogen (secondary N) is 1. The molecule has 0 radical (unpaired) electrons. The first kappa shape index (κ1) is 17.5. The zero-order chi connectivity index (χ0) is 17.7. The lowest BCUT2D eigenvalue weighted by atomic mass is 10.2. The van der Waals surface area contributed by atoms with Gasteiger partial charge in [0.1, 0.15) is 23.1 Å². The first-order valence-electron chi connectivity index (χ1n) is 7.16. The molecule has 0 aliphatic heterocycles. The lowest BCUT2D eigenvalue weighted by Gasteiger charge is -2.22. The summed E-state index contributed by atoms with van der Waals surface area (Å²) in [7, 11) is 0. The average molecular weight is 336 g/mol. The Hall–Kier alpha value is -2.83. The molecule has 2 aromatic rings. The summed E-state index contributed by atoms with van der Waals surface area (Å²) in [4.78, 5) is 24.4. The molecule has 0 spiro atoms. The minimum atomic E-state index is -0.885. The Labute approximate surface area is 136 Å². The van der Waals surface area contributed by atoms with Crippen LogP contribution in [0, 0.1) is 17.5 Å². The normalized spacial score (nSPS) is 10.3. The number of rotatable bonds is 5. The molecule has 4 nitrogen and oxygen atoms in total. The molecule has 0 atom stereocenters. The molecule has 1 N–H and O–H groups in total. The van der Waals surface area contributed by atoms with Crippen molar-refractivity contribution >= 4 is 23.2 Å². The van der Waals surface area contributed by atoms with E-state index in [0.29, 0.717) is 5.69 Å². The quantitative estimate of drug-likeness (QED) is 0.909. The van der Waals surface area contributed by atoms with E-state index in [4.69, 9.17) is 0 Å². The van der Waals surface area contributed by atoms with Gasteiger partial charge in [-0.2, -0.15) is 0 Å². The Bertz CT molecular complexity index is 728. The lowest BCUT2D eigenvalue weighted by Crippen LogP contribution is -2.33. The van der Waals surface area contributed by atoms with Crippen LogP contribution in [0.2, 0.25) is 0 Å². The van der Waals surface area contributed by atoms with E-state index < -0.39 is 35.0 Å². The second-order valence-corrected chi connectivity index (χ2v) is 5.05. The summed E-state index contributed by atoms with van der Waals surface area (Å²) < 4.78 is 40.4. The van der Waals surface area contributed by atoms with E-state index in [2.05, 4.69) is 5.32 Å². The number of benzene rings is 2. The SMILES string of the molecule is CC(=O)N(CCC(=O)Nc1ccc(F)cc1)c1c(F)cccc1F. The van der Waals surface area contributed by atoms with Gasteiger partial charge in [-0.15, -0.1) is 0 Å². The molecule has 2 rings (SSSR count). The smallest absolute Gasteiger partial charge is 0.226 e. The van der Waals surface area contributed by atoms with Crippen LogP contribution in [0.1, 0.15) is 13.3 Å². The van der Waals surface area contributed by atoms with Crippen LogP contribution in [0.5, 0.6) is 0 Å². The van der Waals surface area contributed by atoms with Crippen molar-refractivity contribution < 1.29 is 22.8 Å². The number of amides is 2. The Morgan fingerprint density at radius 3 is 2.12 bits per heavy atom. The van der Waals surface area contributed by atoms with Gasteiger partial charge in [0.15, 0.2) is 0 Å². The highest BCUT2D eigenvalue weighted by atomic mass is 19.1. The zero-order valence-electron chi connectivity index (χ0n) is 12.9. The summed E-state index contributed by atoms with van der Waals surface area (Å²) in [6, 6.07) is 8.39. The molecule has 0 aliphatic rings. The van der Waals surface area contributed by atoms with Gasteiger partial charge in [-0.05, 0) is 36.4 Å². The highest BCUT2D eigenvalue weighted by molar-refractivity contribution is 5.94. The van der Waals surface area contributed by atoms with Gasteiger partial charge in [0.05, 0.1) is 0 Å². The van der Waals surface area contributed by atoms with Gasteiger partial charge in [0.2, 0.25) is 11.8 Å². The largest absolute Gasteiger partial charge is 0.326 e. The van der Waals surface area contributed by atoms with Crippen LogP contribution in [0.4, 0.5) is 24.5 Å². The number of hydrogen-bond acceptors (Lipinski definition) is 2. The topological polar surface area (TPSA) is 49.4 Å². The van der Waals surface area contributed by atoms with E-state index in [-0.39, 0.29) is 13.0 Å². The number of hydrogen-bond donors (Lipinski definition) is 1. The summed E-state index contributed by atoms with van der Waals surface area (Å²) in [5.41, 5.74) is -0.104. The number of nitrogens with zero attached hydrogens (tertiary/aromatic N) is 1. The molecule has 2 amide bonds. The van der Waals surface area contributed by atoms with Crippen molar-refractivity contribution in [2.45, 2.75) is 13.3 Å². The van der Waals surface area contributed by atoms with Crippen molar-refractivity contribution in [1.82, 2.24) is 0 Å². The maximum Gasteiger partial charge on any atom is 0.226 e. The maximum atomic E-state index is 13.8. The molecule has 24 heavy (non-hydrogen) atoms. The van der Waals surface area contributed by atoms with E-state index >= 15 is 0 Å². The molecule has 7 heteroatoms. The van der Waals surface area contributed by atoms with Gasteiger partial charge in [0, 0.05) is 25.6 Å². The second kappa shape index (κ2) is 7.63. The van der Waals surface area contributed by atoms with Crippen molar-refractivity contribution in [3.05, 3.63) is 59.9 Å². The van der Waals surface area contributed by atoms with Gasteiger partial charge in [-0.3, -0.25) is 9.59 Å². The molecule has 0 aliphatic carbocycles. The summed E-state index contributed by atoms with van der Waals surface area (Å²) in [6.07, 6.45) is -0.176. The molecule has 126 valence electrons. The summed E-state index contributed by atoms with van der Waals surface area (Å²) >= 11 is 0. The van der Waals surface area contributed by atoms with E-state index in [1.807, 2.05) is 0 Å². The molecule has 0 unspecified atom stereocenters. The Morgan fingerprint density at radius 2 is 1.58 bits per heavy atom. The summed E-state index contributed by atoms with van der Waals surface area (Å²) in [5, 5.41) is 2.51. The van der Waals surface area contributed by atoms with Gasteiger partial charge >= 0.3 is 0 Å². The van der Waals surface area contributed by atoms with E-state index in [1.54, 1.807) is 0 Å². The van der Waals surface area contributed by atoms with Gasteiger partial charge in [-0.25, -0.2) is 13.2 Å². The zero-order valence-corrected chi connectivity index (χ0v) is 12.9. The number of carbonyl (C=O) groups excluding carboxylic acids is 2. The lowest BCUT2D eigenvalue weighted by molar-refractivity contribution is -0.117. The fourth-order valence-electron chi connectivity index (χ4n) is 2.14. The molecule has 0 bridgehead atoms. The van der Waals surface area contributed by atoms with Crippen LogP contribution < -0.4 is 10.2 Å². The van der Waals surface area contributed by atoms with Crippen molar-refractivity contribution in [2.75, 3.05) is 16.8 Å². The highest BCUT2D eigenvalue weighted by Crippen LogP contribution is 2.23. The highest BCUT2D eigenvalue weighted by Gasteiger charge is 2.20. The van der Waals surface area contributed by atoms with Gasteiger partial charge in [-0.1, -0.05) is 6.07 Å². The van der Waals surface area contributed by atoms with Gasteiger partial charge in [0.25, 0.3) is 0 Å². The molecule has 0 saturated heterocycles. The van der Waals surface area contributed by atoms with E-state index in [0.717, 1.165) is 24.0 Å². The second-order valence-electron chi connectivity index (χ2n) is 5.05. The number of para-hydroxylation sites is 1. The van der Waals surface area contributed by atoms with Crippen molar-refractivity contribution in [2.24, 2.45) is 0 Å². The molecule has 2 aromatic carbocycles. The molecule has 0 heterocycles. The number of anilines is 2. The first-order chi connectivity index (χ1) is 11.4. The standard InChI is InChI=1S/C17H15F3N2O2/c1-11(23)22(17-14(19)3-2-4-15(17)20)10-9-16(24)21-13-7-5-12(18)6-8-13/h2-8H,9-10H2,1H3,(H,21,24). The first-order valence-corrected chi connectivity index (χ1v) is 7.16. The number of halogens is 3. The molecule has 0 fully saturated rings. The molecular formula is C17H15F3N2O2. The summed E-state index contributed by atoms with van der Waals surface area (Å²) in [6.45, 7) is 0.962. The summed E-state index contributed by atoms with van der Waals surface area (Å²) in [5.74, 6) is -3.27. The minimum absolute atomic E-state index is 0.176. The third-order valence-corrected chi connectivity index (χ3v) is 3.28. The van der Waals surface area contributed by atoms with E-state index in [9.17, 15) is 22.8 Å². The van der Waals surface area contributed by atoms with Crippen LogP contribution in [-0.4, -0.2) is 18.4 Å². The fourth-order valence-corrected chi connectivity index (χ4v) is 2.14. The van der Waals surface area contributed by atoms with Crippen LogP contribution in [0.25, 0.3) is 0 Å². The predicted molar refractivity (Wildman–Crippen MR) is 84.0 cm³/mol. The maximum absolute atomic E-state index is 13.8.